The van der Waals surface area contributed by atoms with Crippen molar-refractivity contribution in [2.75, 3.05) is 10.6 Å². The smallest absolute Gasteiger partial charge is 0.276 e. The van der Waals surface area contributed by atoms with Crippen LogP contribution in [0.3, 0.4) is 0 Å². The Kier molecular flexibility index (Phi) is 6.29. The summed E-state index contributed by atoms with van der Waals surface area (Å²) >= 11 is 0. The standard InChI is InChI=1S/C25H30N4O2/c1-16(2)22-15-21(28-29(22)25(4,5)6)24(31)27-20-14-10-13-19(17(20)3)23(30)26-18-11-8-7-9-12-18/h7-16H,1-6H3,(H,26,30)(H,27,31). The maximum absolute atomic E-state index is 13.0. The van der Waals surface area contributed by atoms with Crippen LogP contribution in [0.5, 0.6) is 0 Å². The molecule has 1 heterocycles. The Labute approximate surface area is 183 Å². The van der Waals surface area contributed by atoms with Crippen molar-refractivity contribution in [3.8, 4) is 0 Å². The summed E-state index contributed by atoms with van der Waals surface area (Å²) in [6.07, 6.45) is 0. The van der Waals surface area contributed by atoms with Crippen LogP contribution in [0.15, 0.2) is 54.6 Å². The fourth-order valence-corrected chi connectivity index (χ4v) is 3.38. The van der Waals surface area contributed by atoms with E-state index in [1.165, 1.54) is 0 Å². The quantitative estimate of drug-likeness (QED) is 0.568. The number of amides is 2. The van der Waals surface area contributed by atoms with Gasteiger partial charge >= 0.3 is 0 Å². The monoisotopic (exact) mass is 418 g/mol. The van der Waals surface area contributed by atoms with Crippen LogP contribution in [0.25, 0.3) is 0 Å². The van der Waals surface area contributed by atoms with Gasteiger partial charge in [-0.3, -0.25) is 14.3 Å². The van der Waals surface area contributed by atoms with Gasteiger partial charge in [-0.2, -0.15) is 5.10 Å². The normalized spacial score (nSPS) is 11.5. The summed E-state index contributed by atoms with van der Waals surface area (Å²) < 4.78 is 1.91. The number of nitrogens with one attached hydrogen (secondary N) is 2. The molecule has 2 N–H and O–H groups in total. The first-order valence-corrected chi connectivity index (χ1v) is 10.5. The molecule has 0 aliphatic heterocycles. The average molecular weight is 419 g/mol. The van der Waals surface area contributed by atoms with Gasteiger partial charge in [0.25, 0.3) is 11.8 Å². The van der Waals surface area contributed by atoms with Crippen LogP contribution in [0, 0.1) is 6.92 Å². The fraction of sp³-hybridized carbons (Fsp3) is 0.320. The molecule has 2 amide bonds. The molecule has 2 aromatic carbocycles. The molecule has 3 aromatic rings. The predicted octanol–water partition coefficient (Wildman–Crippen LogP) is 5.57. The molecule has 0 radical (unpaired) electrons. The van der Waals surface area contributed by atoms with Crippen LogP contribution in [0.2, 0.25) is 0 Å². The topological polar surface area (TPSA) is 76.0 Å². The molecule has 0 aliphatic carbocycles. The van der Waals surface area contributed by atoms with Gasteiger partial charge in [-0.15, -0.1) is 0 Å². The highest BCUT2D eigenvalue weighted by atomic mass is 16.2. The van der Waals surface area contributed by atoms with Gasteiger partial charge in [-0.25, -0.2) is 0 Å². The largest absolute Gasteiger partial charge is 0.322 e. The van der Waals surface area contributed by atoms with E-state index in [-0.39, 0.29) is 23.3 Å². The van der Waals surface area contributed by atoms with E-state index in [9.17, 15) is 9.59 Å². The minimum Gasteiger partial charge on any atom is -0.322 e. The van der Waals surface area contributed by atoms with E-state index in [1.807, 2.05) is 48.0 Å². The second-order valence-corrected chi connectivity index (χ2v) is 8.94. The van der Waals surface area contributed by atoms with Gasteiger partial charge in [0.15, 0.2) is 5.69 Å². The molecule has 0 unspecified atom stereocenters. The highest BCUT2D eigenvalue weighted by molar-refractivity contribution is 6.08. The number of benzene rings is 2. The van der Waals surface area contributed by atoms with Crippen molar-refractivity contribution in [1.29, 1.82) is 0 Å². The zero-order chi connectivity index (χ0) is 22.8. The second-order valence-electron chi connectivity index (χ2n) is 8.94. The summed E-state index contributed by atoms with van der Waals surface area (Å²) in [6, 6.07) is 16.4. The molecule has 0 spiro atoms. The number of carbonyl (C=O) groups excluding carboxylic acids is 2. The molecule has 1 aromatic heterocycles. The second kappa shape index (κ2) is 8.76. The molecule has 0 fully saturated rings. The molecule has 0 saturated carbocycles. The van der Waals surface area contributed by atoms with Gasteiger partial charge in [0.05, 0.1) is 5.54 Å². The zero-order valence-corrected chi connectivity index (χ0v) is 19.0. The van der Waals surface area contributed by atoms with Gasteiger partial charge < -0.3 is 10.6 Å². The molecule has 6 heteroatoms. The van der Waals surface area contributed by atoms with E-state index < -0.39 is 0 Å². The Bertz CT molecular complexity index is 1090. The van der Waals surface area contributed by atoms with Crippen molar-refractivity contribution in [1.82, 2.24) is 9.78 Å². The van der Waals surface area contributed by atoms with Crippen LogP contribution < -0.4 is 10.6 Å². The third kappa shape index (κ3) is 5.02. The molecular weight excluding hydrogens is 388 g/mol. The summed E-state index contributed by atoms with van der Waals surface area (Å²) in [6.45, 7) is 12.2. The van der Waals surface area contributed by atoms with Crippen LogP contribution in [0.4, 0.5) is 11.4 Å². The summed E-state index contributed by atoms with van der Waals surface area (Å²) in [5, 5.41) is 10.4. The number of para-hydroxylation sites is 1. The van der Waals surface area contributed by atoms with E-state index in [1.54, 1.807) is 18.2 Å². The number of anilines is 2. The van der Waals surface area contributed by atoms with Gasteiger partial charge in [0, 0.05) is 22.6 Å². The van der Waals surface area contributed by atoms with E-state index in [2.05, 4.69) is 50.4 Å². The Morgan fingerprint density at radius 1 is 0.935 bits per heavy atom. The Hall–Kier alpha value is -3.41. The molecule has 162 valence electrons. The lowest BCUT2D eigenvalue weighted by Gasteiger charge is -2.23. The van der Waals surface area contributed by atoms with Crippen molar-refractivity contribution >= 4 is 23.2 Å². The van der Waals surface area contributed by atoms with Gasteiger partial charge in [0.2, 0.25) is 0 Å². The van der Waals surface area contributed by atoms with Crippen molar-refractivity contribution in [2.24, 2.45) is 0 Å². The van der Waals surface area contributed by atoms with Crippen molar-refractivity contribution in [3.05, 3.63) is 77.1 Å². The third-order valence-corrected chi connectivity index (χ3v) is 5.05. The first-order valence-electron chi connectivity index (χ1n) is 10.5. The Morgan fingerprint density at radius 2 is 1.61 bits per heavy atom. The summed E-state index contributed by atoms with van der Waals surface area (Å²) in [4.78, 5) is 25.7. The molecule has 0 bridgehead atoms. The highest BCUT2D eigenvalue weighted by Gasteiger charge is 2.24. The van der Waals surface area contributed by atoms with E-state index in [0.29, 0.717) is 22.5 Å². The SMILES string of the molecule is Cc1c(NC(=O)c2cc(C(C)C)n(C(C)(C)C)n2)cccc1C(=O)Nc1ccccc1. The number of hydrogen-bond acceptors (Lipinski definition) is 3. The first kappa shape index (κ1) is 22.3. The maximum Gasteiger partial charge on any atom is 0.276 e. The van der Waals surface area contributed by atoms with Gasteiger partial charge in [-0.1, -0.05) is 38.1 Å². The molecule has 31 heavy (non-hydrogen) atoms. The number of aromatic nitrogens is 2. The van der Waals surface area contributed by atoms with E-state index >= 15 is 0 Å². The van der Waals surface area contributed by atoms with Crippen LogP contribution in [-0.2, 0) is 5.54 Å². The number of hydrogen-bond donors (Lipinski definition) is 2. The lowest BCUT2D eigenvalue weighted by molar-refractivity contribution is 0.101. The molecular formula is C25H30N4O2. The zero-order valence-electron chi connectivity index (χ0n) is 19.0. The van der Waals surface area contributed by atoms with Crippen LogP contribution in [-0.4, -0.2) is 21.6 Å². The molecule has 3 rings (SSSR count). The lowest BCUT2D eigenvalue weighted by atomic mass is 10.0. The lowest BCUT2D eigenvalue weighted by Crippen LogP contribution is -2.26. The average Bonchev–Trinajstić information content (AvgIpc) is 3.17. The molecule has 6 nitrogen and oxygen atoms in total. The highest BCUT2D eigenvalue weighted by Crippen LogP contribution is 2.25. The summed E-state index contributed by atoms with van der Waals surface area (Å²) in [5.41, 5.74) is 3.64. The number of nitrogens with zero attached hydrogens (tertiary/aromatic N) is 2. The summed E-state index contributed by atoms with van der Waals surface area (Å²) in [7, 11) is 0. The predicted molar refractivity (Wildman–Crippen MR) is 125 cm³/mol. The third-order valence-electron chi connectivity index (χ3n) is 5.05. The van der Waals surface area contributed by atoms with E-state index in [4.69, 9.17) is 0 Å². The molecule has 0 saturated heterocycles. The van der Waals surface area contributed by atoms with Crippen molar-refractivity contribution < 1.29 is 9.59 Å². The fourth-order valence-electron chi connectivity index (χ4n) is 3.38. The molecule has 0 aliphatic rings. The first-order chi connectivity index (χ1) is 14.6. The van der Waals surface area contributed by atoms with Crippen LogP contribution in [0.1, 0.15) is 72.6 Å². The molecule has 0 atom stereocenters. The van der Waals surface area contributed by atoms with Crippen molar-refractivity contribution in [2.45, 2.75) is 53.0 Å². The maximum atomic E-state index is 13.0. The number of carbonyl (C=O) groups is 2. The van der Waals surface area contributed by atoms with Gasteiger partial charge in [-0.05, 0) is 69.5 Å². The van der Waals surface area contributed by atoms with Crippen LogP contribution >= 0.6 is 0 Å². The summed E-state index contributed by atoms with van der Waals surface area (Å²) in [5.74, 6) is -0.285. The van der Waals surface area contributed by atoms with E-state index in [0.717, 1.165) is 11.4 Å². The Balaban J connectivity index is 1.84. The minimum atomic E-state index is -0.298. The van der Waals surface area contributed by atoms with Gasteiger partial charge in [0.1, 0.15) is 0 Å². The number of rotatable bonds is 5. The minimum absolute atomic E-state index is 0.223. The van der Waals surface area contributed by atoms with Crippen molar-refractivity contribution in [3.63, 3.8) is 0 Å². The Morgan fingerprint density at radius 3 is 2.19 bits per heavy atom.